The molecule has 0 aromatic heterocycles. The summed E-state index contributed by atoms with van der Waals surface area (Å²) in [4.78, 5) is 23.2. The molecule has 0 aromatic rings. The fourth-order valence-electron chi connectivity index (χ4n) is 3.09. The second kappa shape index (κ2) is 9.82. The molecule has 0 bridgehead atoms. The highest BCUT2D eigenvalue weighted by molar-refractivity contribution is 5.81. The van der Waals surface area contributed by atoms with Gasteiger partial charge in [-0.05, 0) is 51.4 Å². The molecule has 2 unspecified atom stereocenters. The fraction of sp³-hybridized carbons (Fsp3) is 0.882. The molecule has 1 rings (SSSR count). The van der Waals surface area contributed by atoms with E-state index in [9.17, 15) is 19.8 Å². The topological polar surface area (TPSA) is 83.8 Å². The molecule has 22 heavy (non-hydrogen) atoms. The largest absolute Gasteiger partial charge is 0.481 e. The van der Waals surface area contributed by atoms with E-state index in [4.69, 9.17) is 4.74 Å². The van der Waals surface area contributed by atoms with Crippen LogP contribution in [0.25, 0.3) is 0 Å². The number of carbonyl (C=O) groups excluding carboxylic acids is 1. The minimum Gasteiger partial charge on any atom is -0.481 e. The van der Waals surface area contributed by atoms with Crippen molar-refractivity contribution in [2.24, 2.45) is 17.8 Å². The Morgan fingerprint density at radius 2 is 1.73 bits per heavy atom. The molecule has 0 heterocycles. The van der Waals surface area contributed by atoms with Crippen molar-refractivity contribution in [3.63, 3.8) is 0 Å². The van der Waals surface area contributed by atoms with Crippen LogP contribution in [0.2, 0.25) is 0 Å². The van der Waals surface area contributed by atoms with Gasteiger partial charge < -0.3 is 14.9 Å². The van der Waals surface area contributed by atoms with Crippen LogP contribution in [0.5, 0.6) is 0 Å². The van der Waals surface area contributed by atoms with Gasteiger partial charge in [-0.2, -0.15) is 0 Å². The van der Waals surface area contributed by atoms with Gasteiger partial charge >= 0.3 is 11.9 Å². The molecule has 0 radical (unpaired) electrons. The Labute approximate surface area is 133 Å². The maximum absolute atomic E-state index is 12.1. The van der Waals surface area contributed by atoms with Gasteiger partial charge in [0.2, 0.25) is 0 Å². The normalized spacial score (nSPS) is 24.5. The van der Waals surface area contributed by atoms with Gasteiger partial charge in [-0.1, -0.05) is 19.8 Å². The summed E-state index contributed by atoms with van der Waals surface area (Å²) in [5.41, 5.74) is 0. The zero-order chi connectivity index (χ0) is 16.5. The molecule has 128 valence electrons. The molecule has 0 aromatic carbocycles. The predicted molar refractivity (Wildman–Crippen MR) is 83.4 cm³/mol. The zero-order valence-corrected chi connectivity index (χ0v) is 13.8. The number of hydrogen-bond donors (Lipinski definition) is 2. The number of ether oxygens (including phenoxy) is 1. The Bertz CT molecular complexity index is 353. The van der Waals surface area contributed by atoms with Crippen molar-refractivity contribution in [2.45, 2.75) is 71.3 Å². The molecular weight excluding hydrogens is 284 g/mol. The summed E-state index contributed by atoms with van der Waals surface area (Å²) in [7, 11) is 0. The van der Waals surface area contributed by atoms with Crippen LogP contribution in [0.1, 0.15) is 65.2 Å². The van der Waals surface area contributed by atoms with Gasteiger partial charge in [-0.15, -0.1) is 0 Å². The van der Waals surface area contributed by atoms with Crippen LogP contribution in [0.3, 0.4) is 0 Å². The summed E-state index contributed by atoms with van der Waals surface area (Å²) < 4.78 is 5.29. The van der Waals surface area contributed by atoms with Crippen LogP contribution in [0.4, 0.5) is 0 Å². The molecule has 1 aliphatic rings. The lowest BCUT2D eigenvalue weighted by molar-refractivity contribution is -0.159. The number of carbonyl (C=O) groups is 2. The van der Waals surface area contributed by atoms with Crippen molar-refractivity contribution in [2.75, 3.05) is 6.61 Å². The van der Waals surface area contributed by atoms with Crippen LogP contribution < -0.4 is 0 Å². The van der Waals surface area contributed by atoms with Crippen LogP contribution in [0, 0.1) is 17.8 Å². The monoisotopic (exact) mass is 314 g/mol. The average molecular weight is 314 g/mol. The van der Waals surface area contributed by atoms with E-state index in [1.54, 1.807) is 6.92 Å². The van der Waals surface area contributed by atoms with Crippen molar-refractivity contribution < 1.29 is 24.5 Å². The summed E-state index contributed by atoms with van der Waals surface area (Å²) in [5.74, 6) is -1.78. The van der Waals surface area contributed by atoms with Gasteiger partial charge in [0.15, 0.2) is 0 Å². The van der Waals surface area contributed by atoms with Gasteiger partial charge in [0.1, 0.15) is 0 Å². The lowest BCUT2D eigenvalue weighted by Crippen LogP contribution is -2.34. The van der Waals surface area contributed by atoms with E-state index in [-0.39, 0.29) is 12.1 Å². The van der Waals surface area contributed by atoms with Gasteiger partial charge in [0.05, 0.1) is 24.5 Å². The van der Waals surface area contributed by atoms with Gasteiger partial charge in [-0.25, -0.2) is 0 Å². The van der Waals surface area contributed by atoms with E-state index in [0.717, 1.165) is 38.5 Å². The Morgan fingerprint density at radius 3 is 2.32 bits per heavy atom. The first-order valence-corrected chi connectivity index (χ1v) is 8.49. The number of rotatable bonds is 9. The standard InChI is InChI=1S/C17H30O5/c1-12(9-10-13(2)18)6-5-11-22-17(21)15-8-4-3-7-14(15)16(19)20/h12-15,18H,3-11H2,1-2H3,(H,19,20)/t12?,13?,14-,15+/m0/s1. The fourth-order valence-corrected chi connectivity index (χ4v) is 3.09. The Morgan fingerprint density at radius 1 is 1.09 bits per heavy atom. The smallest absolute Gasteiger partial charge is 0.309 e. The number of aliphatic hydroxyl groups is 1. The summed E-state index contributed by atoms with van der Waals surface area (Å²) in [6.45, 7) is 4.28. The molecule has 0 amide bonds. The van der Waals surface area contributed by atoms with Crippen molar-refractivity contribution in [1.29, 1.82) is 0 Å². The quantitative estimate of drug-likeness (QED) is 0.505. The van der Waals surface area contributed by atoms with Gasteiger partial charge in [0, 0.05) is 0 Å². The second-order valence-corrected chi connectivity index (χ2v) is 6.68. The Kier molecular flexibility index (Phi) is 8.46. The molecule has 1 aliphatic carbocycles. The van der Waals surface area contributed by atoms with Crippen LogP contribution >= 0.6 is 0 Å². The average Bonchev–Trinajstić information content (AvgIpc) is 2.49. The number of aliphatic hydroxyl groups excluding tert-OH is 1. The predicted octanol–water partition coefficient (Wildman–Crippen LogP) is 3.00. The molecule has 5 heteroatoms. The molecule has 4 atom stereocenters. The van der Waals surface area contributed by atoms with Gasteiger partial charge in [-0.3, -0.25) is 9.59 Å². The third kappa shape index (κ3) is 6.77. The number of esters is 1. The Hall–Kier alpha value is -1.10. The number of carboxylic acid groups (broad SMARTS) is 1. The first kappa shape index (κ1) is 18.9. The highest BCUT2D eigenvalue weighted by Crippen LogP contribution is 2.31. The first-order chi connectivity index (χ1) is 10.4. The molecule has 0 spiro atoms. The highest BCUT2D eigenvalue weighted by Gasteiger charge is 2.36. The van der Waals surface area contributed by atoms with Crippen molar-refractivity contribution >= 4 is 11.9 Å². The second-order valence-electron chi connectivity index (χ2n) is 6.68. The number of carboxylic acids is 1. The van der Waals surface area contributed by atoms with Crippen LogP contribution in [-0.2, 0) is 14.3 Å². The van der Waals surface area contributed by atoms with E-state index in [0.29, 0.717) is 25.4 Å². The molecule has 1 saturated carbocycles. The van der Waals surface area contributed by atoms with E-state index < -0.39 is 17.8 Å². The molecule has 5 nitrogen and oxygen atoms in total. The maximum Gasteiger partial charge on any atom is 0.309 e. The summed E-state index contributed by atoms with van der Waals surface area (Å²) in [6, 6.07) is 0. The maximum atomic E-state index is 12.1. The minimum absolute atomic E-state index is 0.264. The van der Waals surface area contributed by atoms with Crippen molar-refractivity contribution in [1.82, 2.24) is 0 Å². The molecule has 2 N–H and O–H groups in total. The first-order valence-electron chi connectivity index (χ1n) is 8.49. The lowest BCUT2D eigenvalue weighted by Gasteiger charge is -2.26. The number of hydrogen-bond acceptors (Lipinski definition) is 4. The van der Waals surface area contributed by atoms with Crippen molar-refractivity contribution in [3.8, 4) is 0 Å². The van der Waals surface area contributed by atoms with E-state index in [1.807, 2.05) is 0 Å². The SMILES string of the molecule is CC(O)CCC(C)CCCOC(=O)[C@@H]1CCCC[C@@H]1C(=O)O. The third-order valence-electron chi connectivity index (χ3n) is 4.55. The highest BCUT2D eigenvalue weighted by atomic mass is 16.5. The summed E-state index contributed by atoms with van der Waals surface area (Å²) in [6.07, 6.45) is 6.22. The van der Waals surface area contributed by atoms with Gasteiger partial charge in [0.25, 0.3) is 0 Å². The molecule has 1 fully saturated rings. The molecule has 0 aliphatic heterocycles. The summed E-state index contributed by atoms with van der Waals surface area (Å²) >= 11 is 0. The van der Waals surface area contributed by atoms with E-state index in [1.165, 1.54) is 0 Å². The Balaban J connectivity index is 2.23. The van der Waals surface area contributed by atoms with E-state index in [2.05, 4.69) is 6.92 Å². The van der Waals surface area contributed by atoms with E-state index >= 15 is 0 Å². The van der Waals surface area contributed by atoms with Crippen LogP contribution in [0.15, 0.2) is 0 Å². The van der Waals surface area contributed by atoms with Crippen molar-refractivity contribution in [3.05, 3.63) is 0 Å². The third-order valence-corrected chi connectivity index (χ3v) is 4.55. The lowest BCUT2D eigenvalue weighted by atomic mass is 9.79. The number of aliphatic carboxylic acids is 1. The molecular formula is C17H30O5. The zero-order valence-electron chi connectivity index (χ0n) is 13.8. The molecule has 0 saturated heterocycles. The summed E-state index contributed by atoms with van der Waals surface area (Å²) in [5, 5.41) is 18.4. The van der Waals surface area contributed by atoms with Crippen LogP contribution in [-0.4, -0.2) is 34.9 Å². The minimum atomic E-state index is -0.881.